The van der Waals surface area contributed by atoms with E-state index in [9.17, 15) is 14.0 Å². The number of aromatic nitrogens is 4. The van der Waals surface area contributed by atoms with Crippen molar-refractivity contribution in [1.29, 1.82) is 0 Å². The van der Waals surface area contributed by atoms with Gasteiger partial charge in [0.1, 0.15) is 11.2 Å². The molecule has 2 unspecified atom stereocenters. The Bertz CT molecular complexity index is 1360. The van der Waals surface area contributed by atoms with Crippen LogP contribution in [0.3, 0.4) is 0 Å². The van der Waals surface area contributed by atoms with Crippen molar-refractivity contribution in [3.63, 3.8) is 0 Å². The fourth-order valence-electron chi connectivity index (χ4n) is 4.28. The summed E-state index contributed by atoms with van der Waals surface area (Å²) in [5.41, 5.74) is 0.558. The molecule has 13 heteroatoms. The summed E-state index contributed by atoms with van der Waals surface area (Å²) in [6, 6.07) is 0.619. The molecule has 38 heavy (non-hydrogen) atoms. The summed E-state index contributed by atoms with van der Waals surface area (Å²) in [6.45, 7) is 9.98. The van der Waals surface area contributed by atoms with Crippen LogP contribution in [-0.2, 0) is 4.74 Å². The van der Waals surface area contributed by atoms with Crippen LogP contribution in [0.15, 0.2) is 24.7 Å². The minimum Gasteiger partial charge on any atom is -0.477 e. The van der Waals surface area contributed by atoms with Crippen LogP contribution in [-0.4, -0.2) is 71.2 Å². The second-order valence-corrected chi connectivity index (χ2v) is 11.3. The van der Waals surface area contributed by atoms with Crippen molar-refractivity contribution in [2.45, 2.75) is 58.7 Å². The van der Waals surface area contributed by atoms with Gasteiger partial charge in [-0.2, -0.15) is 4.98 Å². The zero-order chi connectivity index (χ0) is 27.8. The van der Waals surface area contributed by atoms with Crippen LogP contribution < -0.4 is 10.1 Å². The zero-order valence-electron chi connectivity index (χ0n) is 22.2. The Hall–Kier alpha value is -3.07. The number of halogens is 2. The maximum atomic E-state index is 14.5. The Labute approximate surface area is 234 Å². The monoisotopic (exact) mass is 639 g/mol. The molecule has 2 atom stereocenters. The molecular formula is C25H31FIN7O4. The molecule has 2 amide bonds. The summed E-state index contributed by atoms with van der Waals surface area (Å²) in [5.74, 6) is -0.587. The molecule has 0 saturated carbocycles. The lowest BCUT2D eigenvalue weighted by Gasteiger charge is -2.32. The van der Waals surface area contributed by atoms with Crippen molar-refractivity contribution in [2.75, 3.05) is 25.5 Å². The molecule has 204 valence electrons. The number of carbonyl (C=O) groups excluding carboxylic acids is 2. The number of likely N-dealkylation sites (N-methyl/N-ethyl adjacent to an activating group) is 1. The van der Waals surface area contributed by atoms with Gasteiger partial charge in [-0.25, -0.2) is 22.3 Å². The highest BCUT2D eigenvalue weighted by Gasteiger charge is 2.42. The molecule has 4 rings (SSSR count). The fourth-order valence-corrected chi connectivity index (χ4v) is 5.18. The zero-order valence-corrected chi connectivity index (χ0v) is 24.3. The molecule has 3 aromatic heterocycles. The summed E-state index contributed by atoms with van der Waals surface area (Å²) < 4.78 is 29.3. The fraction of sp³-hybridized carbons (Fsp3) is 0.480. The maximum Gasteiger partial charge on any atom is 0.410 e. The third kappa shape index (κ3) is 5.98. The van der Waals surface area contributed by atoms with E-state index in [-0.39, 0.29) is 41.5 Å². The first kappa shape index (κ1) is 28.0. The number of imidazole rings is 1. The summed E-state index contributed by atoms with van der Waals surface area (Å²) in [5, 5.41) is 2.69. The van der Waals surface area contributed by atoms with E-state index in [4.69, 9.17) is 9.47 Å². The van der Waals surface area contributed by atoms with E-state index >= 15 is 0 Å². The van der Waals surface area contributed by atoms with Gasteiger partial charge < -0.3 is 24.1 Å². The first-order valence-electron chi connectivity index (χ1n) is 12.2. The van der Waals surface area contributed by atoms with Gasteiger partial charge in [-0.3, -0.25) is 4.79 Å². The van der Waals surface area contributed by atoms with Gasteiger partial charge in [-0.15, -0.1) is 0 Å². The molecule has 0 bridgehead atoms. The minimum absolute atomic E-state index is 0.102. The standard InChI is InChI=1S/C25H31FIN7O4/c1-7-37-23-16(22(35)30-15-10-17(26)21-29-14(2)12-33(21)13-15)11-28-20(31-23)19-18(8-9-34(19)27)32(6)24(36)38-25(3,4)5/h10-13,18-19H,7-9H2,1-6H3,(H,30,35). The number of rotatable bonds is 6. The topological polar surface area (TPSA) is 114 Å². The van der Waals surface area contributed by atoms with Crippen LogP contribution in [0.5, 0.6) is 5.88 Å². The molecule has 11 nitrogen and oxygen atoms in total. The molecule has 0 spiro atoms. The number of nitrogens with zero attached hydrogens (tertiary/aromatic N) is 6. The first-order valence-corrected chi connectivity index (χ1v) is 13.2. The Morgan fingerprint density at radius 2 is 2.03 bits per heavy atom. The molecule has 1 fully saturated rings. The van der Waals surface area contributed by atoms with E-state index in [2.05, 4.69) is 43.1 Å². The number of carbonyl (C=O) groups is 2. The molecular weight excluding hydrogens is 608 g/mol. The first-order chi connectivity index (χ1) is 17.9. The lowest BCUT2D eigenvalue weighted by Crippen LogP contribution is -2.43. The SMILES string of the molecule is CCOc1nc(C2C(N(C)C(=O)OC(C)(C)C)CCN2I)ncc1C(=O)Nc1cc(F)c2nc(C)cn2c1. The largest absolute Gasteiger partial charge is 0.477 e. The average molecular weight is 639 g/mol. The van der Waals surface area contributed by atoms with Crippen LogP contribution in [0.25, 0.3) is 5.65 Å². The van der Waals surface area contributed by atoms with Gasteiger partial charge in [0.2, 0.25) is 5.88 Å². The predicted octanol–water partition coefficient (Wildman–Crippen LogP) is 4.56. The molecule has 4 heterocycles. The van der Waals surface area contributed by atoms with Crippen LogP contribution in [0.2, 0.25) is 0 Å². The highest BCUT2D eigenvalue weighted by Crippen LogP contribution is 2.37. The second-order valence-electron chi connectivity index (χ2n) is 10.0. The Kier molecular flexibility index (Phi) is 8.06. The summed E-state index contributed by atoms with van der Waals surface area (Å²) in [4.78, 5) is 40.7. The lowest BCUT2D eigenvalue weighted by molar-refractivity contribution is 0.0200. The molecule has 3 aromatic rings. The Morgan fingerprint density at radius 1 is 1.29 bits per heavy atom. The van der Waals surface area contributed by atoms with E-state index in [1.807, 2.05) is 23.9 Å². The summed E-state index contributed by atoms with van der Waals surface area (Å²) in [6.07, 6.45) is 4.90. The van der Waals surface area contributed by atoms with Gasteiger partial charge in [-0.05, 0) is 41.0 Å². The smallest absolute Gasteiger partial charge is 0.410 e. The molecule has 0 aromatic carbocycles. The third-order valence-electron chi connectivity index (χ3n) is 5.93. The number of nitrogens with one attached hydrogen (secondary N) is 1. The van der Waals surface area contributed by atoms with E-state index in [0.29, 0.717) is 24.5 Å². The molecule has 0 aliphatic carbocycles. The number of aryl methyl sites for hydroxylation is 1. The van der Waals surface area contributed by atoms with E-state index < -0.39 is 23.4 Å². The Morgan fingerprint density at radius 3 is 2.71 bits per heavy atom. The van der Waals surface area contributed by atoms with E-state index in [0.717, 1.165) is 0 Å². The highest BCUT2D eigenvalue weighted by molar-refractivity contribution is 14.1. The second kappa shape index (κ2) is 11.0. The lowest BCUT2D eigenvalue weighted by atomic mass is 10.1. The van der Waals surface area contributed by atoms with Gasteiger partial charge in [0.25, 0.3) is 5.91 Å². The van der Waals surface area contributed by atoms with Crippen LogP contribution in [0.1, 0.15) is 62.0 Å². The normalized spacial score (nSPS) is 18.0. The van der Waals surface area contributed by atoms with E-state index in [1.165, 1.54) is 16.7 Å². The van der Waals surface area contributed by atoms with Crippen LogP contribution in [0, 0.1) is 12.7 Å². The van der Waals surface area contributed by atoms with Gasteiger partial charge in [-0.1, -0.05) is 0 Å². The highest BCUT2D eigenvalue weighted by atomic mass is 127. The third-order valence-corrected chi connectivity index (χ3v) is 7.01. The average Bonchev–Trinajstić information content (AvgIpc) is 3.39. The quantitative estimate of drug-likeness (QED) is 0.309. The van der Waals surface area contributed by atoms with Gasteiger partial charge in [0.05, 0.1) is 30.1 Å². The van der Waals surface area contributed by atoms with Gasteiger partial charge in [0, 0.05) is 61.1 Å². The van der Waals surface area contributed by atoms with Crippen LogP contribution in [0.4, 0.5) is 14.9 Å². The number of hydrogen-bond donors (Lipinski definition) is 1. The van der Waals surface area contributed by atoms with Crippen molar-refractivity contribution < 1.29 is 23.5 Å². The number of ether oxygens (including phenoxy) is 2. The minimum atomic E-state index is -0.624. The Balaban J connectivity index is 1.60. The van der Waals surface area contributed by atoms with Crippen molar-refractivity contribution in [2.24, 2.45) is 0 Å². The molecule has 1 aliphatic rings. The van der Waals surface area contributed by atoms with Gasteiger partial charge in [0.15, 0.2) is 17.3 Å². The van der Waals surface area contributed by atoms with Gasteiger partial charge >= 0.3 is 6.09 Å². The van der Waals surface area contributed by atoms with Crippen molar-refractivity contribution in [3.05, 3.63) is 47.6 Å². The number of hydrogen-bond acceptors (Lipinski definition) is 8. The van der Waals surface area contributed by atoms with Crippen molar-refractivity contribution in [1.82, 2.24) is 27.4 Å². The van der Waals surface area contributed by atoms with Crippen molar-refractivity contribution in [3.8, 4) is 5.88 Å². The number of fused-ring (bicyclic) bond motifs is 1. The molecule has 1 N–H and O–H groups in total. The van der Waals surface area contributed by atoms with E-state index in [1.54, 1.807) is 38.2 Å². The number of amides is 2. The molecule has 1 aliphatic heterocycles. The van der Waals surface area contributed by atoms with Crippen molar-refractivity contribution >= 4 is 46.2 Å². The predicted molar refractivity (Wildman–Crippen MR) is 147 cm³/mol. The number of pyridine rings is 1. The van der Waals surface area contributed by atoms with Crippen LogP contribution >= 0.6 is 22.9 Å². The summed E-state index contributed by atoms with van der Waals surface area (Å²) >= 11 is 2.19. The maximum absolute atomic E-state index is 14.5. The number of anilines is 1. The summed E-state index contributed by atoms with van der Waals surface area (Å²) in [7, 11) is 1.70. The molecule has 1 saturated heterocycles. The molecule has 0 radical (unpaired) electrons.